The van der Waals surface area contributed by atoms with Gasteiger partial charge in [0.2, 0.25) is 0 Å². The zero-order chi connectivity index (χ0) is 14.0. The van der Waals surface area contributed by atoms with Crippen molar-refractivity contribution >= 4 is 21.7 Å². The number of halogens is 1. The third-order valence-corrected chi connectivity index (χ3v) is 4.07. The molecule has 3 N–H and O–H groups in total. The normalized spacial score (nSPS) is 12.4. The fourth-order valence-electron chi connectivity index (χ4n) is 2.12. The molecule has 19 heavy (non-hydrogen) atoms. The van der Waals surface area contributed by atoms with Gasteiger partial charge in [0.15, 0.2) is 0 Å². The fraction of sp³-hybridized carbons (Fsp3) is 0.267. The molecule has 0 fully saturated rings. The van der Waals surface area contributed by atoms with Gasteiger partial charge >= 0.3 is 0 Å². The van der Waals surface area contributed by atoms with Crippen molar-refractivity contribution in [3.8, 4) is 0 Å². The molecule has 2 rings (SSSR count). The van der Waals surface area contributed by atoms with Crippen molar-refractivity contribution in [1.82, 2.24) is 10.3 Å². The highest BCUT2D eigenvalue weighted by atomic mass is 79.9. The van der Waals surface area contributed by atoms with Crippen LogP contribution < -0.4 is 11.1 Å². The van der Waals surface area contributed by atoms with Gasteiger partial charge in [0.05, 0.1) is 6.04 Å². The Morgan fingerprint density at radius 2 is 2.00 bits per heavy atom. The van der Waals surface area contributed by atoms with E-state index in [1.807, 2.05) is 14.0 Å². The summed E-state index contributed by atoms with van der Waals surface area (Å²) in [6.45, 7) is 4.10. The minimum absolute atomic E-state index is 0.0456. The Morgan fingerprint density at radius 3 is 2.63 bits per heavy atom. The lowest BCUT2D eigenvalue weighted by molar-refractivity contribution is 0.690. The number of anilines is 1. The van der Waals surface area contributed by atoms with Gasteiger partial charge in [0, 0.05) is 16.2 Å². The summed E-state index contributed by atoms with van der Waals surface area (Å²) in [5.74, 6) is 0.571. The van der Waals surface area contributed by atoms with Gasteiger partial charge in [-0.25, -0.2) is 4.98 Å². The number of hydrogen-bond acceptors (Lipinski definition) is 3. The van der Waals surface area contributed by atoms with Gasteiger partial charge in [-0.3, -0.25) is 0 Å². The van der Waals surface area contributed by atoms with Crippen LogP contribution in [0.1, 0.15) is 28.3 Å². The first-order valence-electron chi connectivity index (χ1n) is 6.18. The van der Waals surface area contributed by atoms with Crippen molar-refractivity contribution in [3.05, 3.63) is 57.2 Å². The van der Waals surface area contributed by atoms with Crippen LogP contribution in [-0.2, 0) is 0 Å². The summed E-state index contributed by atoms with van der Waals surface area (Å²) in [4.78, 5) is 4.24. The van der Waals surface area contributed by atoms with Gasteiger partial charge in [-0.1, -0.05) is 28.1 Å². The number of hydrogen-bond donors (Lipinski definition) is 2. The van der Waals surface area contributed by atoms with Gasteiger partial charge in [-0.15, -0.1) is 0 Å². The summed E-state index contributed by atoms with van der Waals surface area (Å²) < 4.78 is 1.10. The number of nitrogens with two attached hydrogens (primary N) is 1. The van der Waals surface area contributed by atoms with Gasteiger partial charge < -0.3 is 11.1 Å². The number of nitrogen functional groups attached to an aromatic ring is 1. The topological polar surface area (TPSA) is 50.9 Å². The molecule has 0 aliphatic rings. The standard InChI is InChI=1S/C15H18BrN3/c1-9-6-12(15(17)19-8-9)14(18-3)11-5-4-10(2)13(16)7-11/h4-8,14,18H,1-3H3,(H2,17,19). The van der Waals surface area contributed by atoms with Crippen LogP contribution in [0.3, 0.4) is 0 Å². The molecule has 100 valence electrons. The zero-order valence-corrected chi connectivity index (χ0v) is 13.0. The minimum atomic E-state index is 0.0456. The Kier molecular flexibility index (Phi) is 4.22. The first-order chi connectivity index (χ1) is 9.02. The van der Waals surface area contributed by atoms with Crippen LogP contribution in [0.5, 0.6) is 0 Å². The molecule has 1 heterocycles. The number of aryl methyl sites for hydroxylation is 2. The van der Waals surface area contributed by atoms with Crippen molar-refractivity contribution in [1.29, 1.82) is 0 Å². The molecule has 0 saturated carbocycles. The molecule has 4 heteroatoms. The molecule has 0 saturated heterocycles. The van der Waals surface area contributed by atoms with E-state index in [1.165, 1.54) is 11.1 Å². The van der Waals surface area contributed by atoms with Crippen LogP contribution in [0.4, 0.5) is 5.82 Å². The molecule has 0 aliphatic carbocycles. The first-order valence-corrected chi connectivity index (χ1v) is 6.97. The lowest BCUT2D eigenvalue weighted by Crippen LogP contribution is -2.19. The quantitative estimate of drug-likeness (QED) is 0.912. The number of nitrogens with one attached hydrogen (secondary N) is 1. The Labute approximate surface area is 122 Å². The zero-order valence-electron chi connectivity index (χ0n) is 11.4. The maximum Gasteiger partial charge on any atom is 0.128 e. The average molecular weight is 320 g/mol. The van der Waals surface area contributed by atoms with Crippen molar-refractivity contribution in [2.24, 2.45) is 0 Å². The van der Waals surface area contributed by atoms with Crippen molar-refractivity contribution in [2.45, 2.75) is 19.9 Å². The fourth-order valence-corrected chi connectivity index (χ4v) is 2.52. The van der Waals surface area contributed by atoms with Crippen LogP contribution in [0.15, 0.2) is 34.9 Å². The number of benzene rings is 1. The van der Waals surface area contributed by atoms with E-state index in [4.69, 9.17) is 5.73 Å². The lowest BCUT2D eigenvalue weighted by Gasteiger charge is -2.19. The lowest BCUT2D eigenvalue weighted by atomic mass is 9.97. The highest BCUT2D eigenvalue weighted by Gasteiger charge is 2.16. The minimum Gasteiger partial charge on any atom is -0.383 e. The second-order valence-electron chi connectivity index (χ2n) is 4.72. The third-order valence-electron chi connectivity index (χ3n) is 3.22. The molecular weight excluding hydrogens is 302 g/mol. The molecule has 0 aliphatic heterocycles. The predicted molar refractivity (Wildman–Crippen MR) is 83.2 cm³/mol. The Bertz CT molecular complexity index is 596. The molecule has 0 amide bonds. The Morgan fingerprint density at radius 1 is 1.26 bits per heavy atom. The van der Waals surface area contributed by atoms with E-state index in [-0.39, 0.29) is 6.04 Å². The summed E-state index contributed by atoms with van der Waals surface area (Å²) in [5.41, 5.74) is 10.5. The molecule has 0 radical (unpaired) electrons. The number of nitrogens with zero attached hydrogens (tertiary/aromatic N) is 1. The maximum atomic E-state index is 6.01. The van der Waals surface area contributed by atoms with Gasteiger partial charge in [0.1, 0.15) is 5.82 Å². The molecule has 0 spiro atoms. The van der Waals surface area contributed by atoms with E-state index in [9.17, 15) is 0 Å². The SMILES string of the molecule is CNC(c1ccc(C)c(Br)c1)c1cc(C)cnc1N. The third kappa shape index (κ3) is 2.96. The molecule has 1 aromatic heterocycles. The Hall–Kier alpha value is -1.39. The average Bonchev–Trinajstić information content (AvgIpc) is 2.38. The van der Waals surface area contributed by atoms with E-state index >= 15 is 0 Å². The van der Waals surface area contributed by atoms with Gasteiger partial charge in [-0.05, 0) is 49.7 Å². The van der Waals surface area contributed by atoms with Crippen molar-refractivity contribution in [3.63, 3.8) is 0 Å². The summed E-state index contributed by atoms with van der Waals surface area (Å²) in [6.07, 6.45) is 1.79. The Balaban J connectivity index is 2.49. The highest BCUT2D eigenvalue weighted by molar-refractivity contribution is 9.10. The van der Waals surface area contributed by atoms with E-state index < -0.39 is 0 Å². The summed E-state index contributed by atoms with van der Waals surface area (Å²) in [7, 11) is 1.93. The number of pyridine rings is 1. The molecule has 1 aromatic carbocycles. The predicted octanol–water partition coefficient (Wildman–Crippen LogP) is 3.35. The number of aromatic nitrogens is 1. The second-order valence-corrected chi connectivity index (χ2v) is 5.57. The van der Waals surface area contributed by atoms with Crippen LogP contribution in [0, 0.1) is 13.8 Å². The van der Waals surface area contributed by atoms with Crippen LogP contribution >= 0.6 is 15.9 Å². The molecule has 1 atom stereocenters. The molecular formula is C15H18BrN3. The van der Waals surface area contributed by atoms with Crippen LogP contribution in [0.2, 0.25) is 0 Å². The van der Waals surface area contributed by atoms with E-state index in [0.717, 1.165) is 15.6 Å². The van der Waals surface area contributed by atoms with Gasteiger partial charge in [-0.2, -0.15) is 0 Å². The summed E-state index contributed by atoms with van der Waals surface area (Å²) in [5, 5.41) is 3.31. The summed E-state index contributed by atoms with van der Waals surface area (Å²) in [6, 6.07) is 8.46. The number of rotatable bonds is 3. The molecule has 3 nitrogen and oxygen atoms in total. The van der Waals surface area contributed by atoms with Crippen LogP contribution in [0.25, 0.3) is 0 Å². The van der Waals surface area contributed by atoms with Crippen molar-refractivity contribution in [2.75, 3.05) is 12.8 Å². The summed E-state index contributed by atoms with van der Waals surface area (Å²) >= 11 is 3.57. The molecule has 1 unspecified atom stereocenters. The van der Waals surface area contributed by atoms with E-state index in [2.05, 4.69) is 57.4 Å². The van der Waals surface area contributed by atoms with Crippen LogP contribution in [-0.4, -0.2) is 12.0 Å². The van der Waals surface area contributed by atoms with Crippen molar-refractivity contribution < 1.29 is 0 Å². The largest absolute Gasteiger partial charge is 0.383 e. The highest BCUT2D eigenvalue weighted by Crippen LogP contribution is 2.29. The van der Waals surface area contributed by atoms with E-state index in [0.29, 0.717) is 5.82 Å². The second kappa shape index (κ2) is 5.72. The van der Waals surface area contributed by atoms with Gasteiger partial charge in [0.25, 0.3) is 0 Å². The maximum absolute atomic E-state index is 6.01. The molecule has 2 aromatic rings. The molecule has 0 bridgehead atoms. The van der Waals surface area contributed by atoms with E-state index in [1.54, 1.807) is 6.20 Å². The first kappa shape index (κ1) is 14.0. The smallest absolute Gasteiger partial charge is 0.128 e. The monoisotopic (exact) mass is 319 g/mol.